The minimum Gasteiger partial charge on any atom is -0.494 e. The van der Waals surface area contributed by atoms with Crippen LogP contribution in [0.15, 0.2) is 84.6 Å². The van der Waals surface area contributed by atoms with E-state index in [1.807, 2.05) is 37.3 Å². The number of carbonyl (C=O) groups excluding carboxylic acids is 2. The summed E-state index contributed by atoms with van der Waals surface area (Å²) in [5.41, 5.74) is 2.43. The maximum atomic E-state index is 13.7. The minimum absolute atomic E-state index is 0.140. The van der Waals surface area contributed by atoms with Gasteiger partial charge in [0.05, 0.1) is 12.2 Å². The zero-order valence-corrected chi connectivity index (χ0v) is 18.4. The van der Waals surface area contributed by atoms with Crippen molar-refractivity contribution >= 4 is 23.1 Å². The topological polar surface area (TPSA) is 58.6 Å². The number of hydrogen-bond acceptors (Lipinski definition) is 4. The summed E-state index contributed by atoms with van der Waals surface area (Å²) in [6.45, 7) is 2.87. The fraction of sp³-hybridized carbons (Fsp3) is 0.185. The van der Waals surface area contributed by atoms with E-state index in [0.29, 0.717) is 30.0 Å². The van der Waals surface area contributed by atoms with Gasteiger partial charge in [-0.25, -0.2) is 4.39 Å². The highest BCUT2D eigenvalue weighted by molar-refractivity contribution is 6.36. The number of carbonyl (C=O) groups is 2. The van der Waals surface area contributed by atoms with Crippen molar-refractivity contribution in [3.8, 4) is 5.75 Å². The molecule has 3 aromatic carbocycles. The average Bonchev–Trinajstić information content (AvgIpc) is 3.06. The van der Waals surface area contributed by atoms with E-state index in [-0.39, 0.29) is 23.7 Å². The molecule has 1 aliphatic rings. The Morgan fingerprint density at radius 3 is 2.36 bits per heavy atom. The summed E-state index contributed by atoms with van der Waals surface area (Å²) in [6.07, 6.45) is 1.43. The third-order valence-corrected chi connectivity index (χ3v) is 5.34. The van der Waals surface area contributed by atoms with E-state index in [0.717, 1.165) is 12.0 Å². The molecule has 33 heavy (non-hydrogen) atoms. The number of rotatable bonds is 9. The predicted octanol–water partition coefficient (Wildman–Crippen LogP) is 5.05. The molecule has 0 aromatic heterocycles. The van der Waals surface area contributed by atoms with Gasteiger partial charge < -0.3 is 10.1 Å². The fourth-order valence-corrected chi connectivity index (χ4v) is 3.70. The number of halogens is 1. The van der Waals surface area contributed by atoms with Crippen molar-refractivity contribution in [1.82, 2.24) is 4.90 Å². The summed E-state index contributed by atoms with van der Waals surface area (Å²) in [6, 6.07) is 22.6. The van der Waals surface area contributed by atoms with Gasteiger partial charge >= 0.3 is 0 Å². The van der Waals surface area contributed by atoms with Crippen molar-refractivity contribution < 1.29 is 18.7 Å². The van der Waals surface area contributed by atoms with Gasteiger partial charge in [0.1, 0.15) is 17.3 Å². The summed E-state index contributed by atoms with van der Waals surface area (Å²) >= 11 is 0. The minimum atomic E-state index is -0.433. The number of hydrogen-bond donors (Lipinski definition) is 1. The Bertz CT molecular complexity index is 1170. The van der Waals surface area contributed by atoms with Gasteiger partial charge in [0.25, 0.3) is 11.8 Å². The van der Waals surface area contributed by atoms with Crippen molar-refractivity contribution in [3.05, 3.63) is 102 Å². The Kier molecular flexibility index (Phi) is 6.83. The van der Waals surface area contributed by atoms with E-state index in [4.69, 9.17) is 4.74 Å². The summed E-state index contributed by atoms with van der Waals surface area (Å²) in [5.74, 6) is -0.547. The number of anilines is 1. The van der Waals surface area contributed by atoms with Crippen LogP contribution in [-0.4, -0.2) is 29.9 Å². The number of amides is 2. The molecule has 4 rings (SSSR count). The van der Waals surface area contributed by atoms with Gasteiger partial charge in [-0.05, 0) is 54.3 Å². The molecule has 0 atom stereocenters. The highest BCUT2D eigenvalue weighted by Crippen LogP contribution is 2.31. The molecule has 1 N–H and O–H groups in total. The third kappa shape index (κ3) is 5.12. The molecule has 1 heterocycles. The van der Waals surface area contributed by atoms with Crippen LogP contribution in [0.1, 0.15) is 24.5 Å². The van der Waals surface area contributed by atoms with Crippen molar-refractivity contribution in [2.45, 2.75) is 19.8 Å². The van der Waals surface area contributed by atoms with E-state index >= 15 is 0 Å². The zero-order valence-electron chi connectivity index (χ0n) is 18.4. The molecule has 0 aliphatic carbocycles. The first-order chi connectivity index (χ1) is 16.1. The quantitative estimate of drug-likeness (QED) is 0.469. The zero-order chi connectivity index (χ0) is 23.2. The van der Waals surface area contributed by atoms with Crippen LogP contribution >= 0.6 is 0 Å². The van der Waals surface area contributed by atoms with Crippen molar-refractivity contribution in [3.63, 3.8) is 0 Å². The number of nitrogens with one attached hydrogen (secondary N) is 1. The lowest BCUT2D eigenvalue weighted by atomic mass is 10.0. The van der Waals surface area contributed by atoms with Crippen LogP contribution < -0.4 is 10.1 Å². The van der Waals surface area contributed by atoms with Crippen LogP contribution in [0.25, 0.3) is 5.57 Å². The van der Waals surface area contributed by atoms with Crippen LogP contribution in [0.2, 0.25) is 0 Å². The standard InChI is InChI=1S/C27H25FN2O3/c1-2-17-33-23-13-11-20(12-14-23)24-25(29-22-10-6-9-21(28)18-22)27(32)30(26(24)31)16-15-19-7-4-3-5-8-19/h3-14,18,29H,2,15-17H2,1H3. The maximum Gasteiger partial charge on any atom is 0.278 e. The van der Waals surface area contributed by atoms with Gasteiger partial charge in [-0.15, -0.1) is 0 Å². The highest BCUT2D eigenvalue weighted by atomic mass is 19.1. The van der Waals surface area contributed by atoms with Crippen LogP contribution in [-0.2, 0) is 16.0 Å². The molecule has 0 saturated heterocycles. The van der Waals surface area contributed by atoms with Crippen LogP contribution in [0, 0.1) is 5.82 Å². The normalized spacial score (nSPS) is 13.6. The Labute approximate surface area is 192 Å². The lowest BCUT2D eigenvalue weighted by Crippen LogP contribution is -2.34. The van der Waals surface area contributed by atoms with E-state index < -0.39 is 11.7 Å². The molecular formula is C27H25FN2O3. The fourth-order valence-electron chi connectivity index (χ4n) is 3.70. The Morgan fingerprint density at radius 2 is 1.67 bits per heavy atom. The molecule has 3 aromatic rings. The number of ether oxygens (including phenoxy) is 1. The van der Waals surface area contributed by atoms with Gasteiger partial charge in [0.2, 0.25) is 0 Å². The SMILES string of the molecule is CCCOc1ccc(C2=C(Nc3cccc(F)c3)C(=O)N(CCc3ccccc3)C2=O)cc1. The molecule has 1 aliphatic heterocycles. The molecule has 0 unspecified atom stereocenters. The highest BCUT2D eigenvalue weighted by Gasteiger charge is 2.39. The molecular weight excluding hydrogens is 419 g/mol. The van der Waals surface area contributed by atoms with Crippen LogP contribution in [0.5, 0.6) is 5.75 Å². The van der Waals surface area contributed by atoms with Crippen molar-refractivity contribution in [2.75, 3.05) is 18.5 Å². The molecule has 0 bridgehead atoms. The second-order valence-corrected chi connectivity index (χ2v) is 7.76. The molecule has 2 amide bonds. The van der Waals surface area contributed by atoms with E-state index in [1.165, 1.54) is 17.0 Å². The van der Waals surface area contributed by atoms with Gasteiger partial charge in [-0.1, -0.05) is 55.5 Å². The van der Waals surface area contributed by atoms with Crippen molar-refractivity contribution in [2.24, 2.45) is 0 Å². The largest absolute Gasteiger partial charge is 0.494 e. The number of imide groups is 1. The lowest BCUT2D eigenvalue weighted by Gasteiger charge is -2.15. The Hall–Kier alpha value is -3.93. The summed E-state index contributed by atoms with van der Waals surface area (Å²) in [5, 5.41) is 2.98. The van der Waals surface area contributed by atoms with E-state index in [1.54, 1.807) is 36.4 Å². The van der Waals surface area contributed by atoms with Gasteiger partial charge in [0, 0.05) is 12.2 Å². The molecule has 0 fully saturated rings. The van der Waals surface area contributed by atoms with Gasteiger partial charge in [0.15, 0.2) is 0 Å². The monoisotopic (exact) mass is 444 g/mol. The van der Waals surface area contributed by atoms with Gasteiger partial charge in [-0.2, -0.15) is 0 Å². The van der Waals surface area contributed by atoms with E-state index in [2.05, 4.69) is 5.32 Å². The second-order valence-electron chi connectivity index (χ2n) is 7.76. The molecule has 5 nitrogen and oxygen atoms in total. The lowest BCUT2D eigenvalue weighted by molar-refractivity contribution is -0.136. The second kappa shape index (κ2) is 10.1. The van der Waals surface area contributed by atoms with Crippen molar-refractivity contribution in [1.29, 1.82) is 0 Å². The van der Waals surface area contributed by atoms with Gasteiger partial charge in [-0.3, -0.25) is 14.5 Å². The van der Waals surface area contributed by atoms with Crippen LogP contribution in [0.3, 0.4) is 0 Å². The molecule has 0 saturated carbocycles. The first-order valence-corrected chi connectivity index (χ1v) is 11.0. The number of benzene rings is 3. The molecule has 0 spiro atoms. The maximum absolute atomic E-state index is 13.7. The first kappa shape index (κ1) is 22.3. The van der Waals surface area contributed by atoms with E-state index in [9.17, 15) is 14.0 Å². The Morgan fingerprint density at radius 1 is 0.909 bits per heavy atom. The molecule has 0 radical (unpaired) electrons. The predicted molar refractivity (Wildman–Crippen MR) is 126 cm³/mol. The molecule has 168 valence electrons. The first-order valence-electron chi connectivity index (χ1n) is 11.0. The summed E-state index contributed by atoms with van der Waals surface area (Å²) < 4.78 is 19.4. The summed E-state index contributed by atoms with van der Waals surface area (Å²) in [4.78, 5) is 27.9. The summed E-state index contributed by atoms with van der Waals surface area (Å²) in [7, 11) is 0. The smallest absolute Gasteiger partial charge is 0.278 e. The van der Waals surface area contributed by atoms with Crippen LogP contribution in [0.4, 0.5) is 10.1 Å². The Balaban J connectivity index is 1.64. The molecule has 6 heteroatoms. The number of nitrogens with zero attached hydrogens (tertiary/aromatic N) is 1. The average molecular weight is 445 g/mol. The third-order valence-electron chi connectivity index (χ3n) is 5.34.